The largest absolute Gasteiger partial charge is 0.497 e. The van der Waals surface area contributed by atoms with Crippen molar-refractivity contribution in [3.63, 3.8) is 0 Å². The van der Waals surface area contributed by atoms with Crippen LogP contribution in [-0.4, -0.2) is 64.9 Å². The van der Waals surface area contributed by atoms with Gasteiger partial charge in [0.2, 0.25) is 0 Å². The number of furan rings is 1. The number of benzene rings is 1. The fourth-order valence-corrected chi connectivity index (χ4v) is 7.48. The van der Waals surface area contributed by atoms with Gasteiger partial charge in [0.15, 0.2) is 6.61 Å². The summed E-state index contributed by atoms with van der Waals surface area (Å²) in [6.45, 7) is 1.57. The van der Waals surface area contributed by atoms with E-state index in [1.807, 2.05) is 34.1 Å². The highest BCUT2D eigenvalue weighted by molar-refractivity contribution is 8.26. The van der Waals surface area contributed by atoms with Gasteiger partial charge < -0.3 is 18.8 Å². The number of thioether (sulfide) groups is 1. The maximum Gasteiger partial charge on any atom is 0.373 e. The summed E-state index contributed by atoms with van der Waals surface area (Å²) < 4.78 is 18.0. The normalized spacial score (nSPS) is 24.3. The maximum atomic E-state index is 13.3. The number of hydrogen-bond donors (Lipinski definition) is 0. The molecule has 9 nitrogen and oxygen atoms in total. The number of carbonyl (C=O) groups is 2. The smallest absolute Gasteiger partial charge is 0.373 e. The second kappa shape index (κ2) is 12.4. The molecule has 6 rings (SSSR count). The molecule has 1 aromatic carbocycles. The standard InChI is InChI=1S/C28H30N2O5S2.CO2/c1-33-21-12-19(13-22(14-21)34-16-26(31)29-8-2-3-9-29)24-7-6-20(35-24)15-25-27(32)30(28(36)37-25)23-11-17-4-5-18(23)10-17;2-1-3/h6-7,12-15,17-18,23H,2-5,8-11,16H2,1H3;/b25-15-;. The molecule has 1 aromatic heterocycles. The van der Waals surface area contributed by atoms with E-state index in [1.54, 1.807) is 19.3 Å². The third kappa shape index (κ3) is 6.01. The van der Waals surface area contributed by atoms with Crippen LogP contribution in [0.2, 0.25) is 0 Å². The van der Waals surface area contributed by atoms with E-state index in [9.17, 15) is 9.59 Å². The second-order valence-electron chi connectivity index (χ2n) is 10.4. The van der Waals surface area contributed by atoms with E-state index in [2.05, 4.69) is 0 Å². The molecule has 4 aliphatic rings. The average molecular weight is 583 g/mol. The number of hydrogen-bond acceptors (Lipinski definition) is 9. The van der Waals surface area contributed by atoms with Crippen LogP contribution in [0, 0.1) is 11.8 Å². The Hall–Kier alpha value is -3.40. The molecule has 210 valence electrons. The molecule has 2 aromatic rings. The van der Waals surface area contributed by atoms with Gasteiger partial charge in [0.05, 0.1) is 12.0 Å². The number of amides is 2. The minimum atomic E-state index is -0.0134. The Balaban J connectivity index is 0.00000103. The number of nitrogens with zero attached hydrogens (tertiary/aromatic N) is 2. The molecule has 2 saturated heterocycles. The van der Waals surface area contributed by atoms with Gasteiger partial charge in [0, 0.05) is 36.8 Å². The number of methoxy groups -OCH3 is 1. The second-order valence-corrected chi connectivity index (χ2v) is 12.0. The fourth-order valence-electron chi connectivity index (χ4n) is 6.13. The van der Waals surface area contributed by atoms with Crippen molar-refractivity contribution in [3.8, 4) is 22.8 Å². The molecule has 2 saturated carbocycles. The number of likely N-dealkylation sites (tertiary alicyclic amines) is 1. The van der Waals surface area contributed by atoms with E-state index >= 15 is 0 Å². The van der Waals surface area contributed by atoms with Gasteiger partial charge in [-0.3, -0.25) is 14.5 Å². The van der Waals surface area contributed by atoms with Crippen molar-refractivity contribution in [2.45, 2.75) is 44.6 Å². The number of ether oxygens (including phenoxy) is 2. The van der Waals surface area contributed by atoms with Gasteiger partial charge in [-0.15, -0.1) is 0 Å². The van der Waals surface area contributed by atoms with Gasteiger partial charge in [-0.25, -0.2) is 0 Å². The number of carbonyl (C=O) groups excluding carboxylic acids is 4. The summed E-state index contributed by atoms with van der Waals surface area (Å²) in [5, 5.41) is 0. The van der Waals surface area contributed by atoms with Crippen molar-refractivity contribution in [1.82, 2.24) is 9.80 Å². The first kappa shape index (κ1) is 28.1. The first-order valence-electron chi connectivity index (χ1n) is 13.4. The molecule has 0 radical (unpaired) electrons. The Kier molecular flexibility index (Phi) is 8.73. The number of rotatable bonds is 7. The SMILES string of the molecule is COc1cc(OCC(=O)N2CCCC2)cc(-c2ccc(/C=C3\SC(=S)N(C4CC5CCC4C5)C3=O)o2)c1.O=C=O. The van der Waals surface area contributed by atoms with Gasteiger partial charge in [-0.2, -0.15) is 9.59 Å². The fraction of sp³-hybridized carbons (Fsp3) is 0.448. The van der Waals surface area contributed by atoms with E-state index in [-0.39, 0.29) is 30.6 Å². The Labute approximate surface area is 241 Å². The lowest BCUT2D eigenvalue weighted by molar-refractivity contribution is -0.191. The molecular weight excluding hydrogens is 552 g/mol. The first-order valence-corrected chi connectivity index (χ1v) is 14.6. The summed E-state index contributed by atoms with van der Waals surface area (Å²) in [5.74, 6) is 3.64. The van der Waals surface area contributed by atoms with E-state index in [4.69, 9.17) is 35.7 Å². The van der Waals surface area contributed by atoms with Crippen LogP contribution in [0.5, 0.6) is 11.5 Å². The molecule has 3 heterocycles. The lowest BCUT2D eigenvalue weighted by atomic mass is 9.94. The zero-order chi connectivity index (χ0) is 28.2. The van der Waals surface area contributed by atoms with Gasteiger partial charge in [-0.1, -0.05) is 30.4 Å². The van der Waals surface area contributed by atoms with Gasteiger partial charge in [-0.05, 0) is 68.2 Å². The Morgan fingerprint density at radius 2 is 1.90 bits per heavy atom. The third-order valence-corrected chi connectivity index (χ3v) is 9.31. The molecule has 2 aliphatic heterocycles. The average Bonchev–Trinajstić information content (AvgIpc) is 3.79. The molecule has 11 heteroatoms. The zero-order valence-electron chi connectivity index (χ0n) is 22.1. The molecule has 3 atom stereocenters. The molecule has 2 aliphatic carbocycles. The van der Waals surface area contributed by atoms with Gasteiger partial charge in [0.1, 0.15) is 27.3 Å². The predicted molar refractivity (Wildman–Crippen MR) is 151 cm³/mol. The lowest BCUT2D eigenvalue weighted by Gasteiger charge is -2.30. The summed E-state index contributed by atoms with van der Waals surface area (Å²) in [6.07, 6.45) is 8.89. The summed E-state index contributed by atoms with van der Waals surface area (Å²) >= 11 is 6.96. The van der Waals surface area contributed by atoms with Crippen LogP contribution in [0.3, 0.4) is 0 Å². The van der Waals surface area contributed by atoms with Crippen LogP contribution in [0.4, 0.5) is 0 Å². The Bertz CT molecular complexity index is 1360. The molecule has 2 bridgehead atoms. The van der Waals surface area contributed by atoms with E-state index in [0.29, 0.717) is 38.2 Å². The van der Waals surface area contributed by atoms with E-state index in [1.165, 1.54) is 31.0 Å². The summed E-state index contributed by atoms with van der Waals surface area (Å²) in [6, 6.07) is 9.39. The molecule has 3 unspecified atom stereocenters. The highest BCUT2D eigenvalue weighted by Crippen LogP contribution is 2.49. The van der Waals surface area contributed by atoms with Crippen molar-refractivity contribution < 1.29 is 33.1 Å². The highest BCUT2D eigenvalue weighted by Gasteiger charge is 2.48. The summed E-state index contributed by atoms with van der Waals surface area (Å²) in [7, 11) is 1.59. The number of thiocarbonyl (C=S) groups is 1. The highest BCUT2D eigenvalue weighted by atomic mass is 32.2. The molecular formula is C29H30N2O7S2. The van der Waals surface area contributed by atoms with Crippen LogP contribution >= 0.6 is 24.0 Å². The topological polar surface area (TPSA) is 106 Å². The third-order valence-electron chi connectivity index (χ3n) is 7.98. The minimum Gasteiger partial charge on any atom is -0.497 e. The summed E-state index contributed by atoms with van der Waals surface area (Å²) in [5.41, 5.74) is 0.761. The van der Waals surface area contributed by atoms with Crippen molar-refractivity contribution in [2.24, 2.45) is 11.8 Å². The summed E-state index contributed by atoms with van der Waals surface area (Å²) in [4.78, 5) is 46.2. The van der Waals surface area contributed by atoms with Crippen LogP contribution in [0.15, 0.2) is 39.7 Å². The maximum absolute atomic E-state index is 13.3. The van der Waals surface area contributed by atoms with E-state index < -0.39 is 0 Å². The number of fused-ring (bicyclic) bond motifs is 2. The first-order chi connectivity index (χ1) is 19.4. The van der Waals surface area contributed by atoms with Gasteiger partial charge >= 0.3 is 6.15 Å². The molecule has 0 N–H and O–H groups in total. The Morgan fingerprint density at radius 3 is 2.58 bits per heavy atom. The molecule has 2 amide bonds. The molecule has 0 spiro atoms. The van der Waals surface area contributed by atoms with Crippen LogP contribution in [0.25, 0.3) is 17.4 Å². The van der Waals surface area contributed by atoms with E-state index in [0.717, 1.165) is 43.8 Å². The lowest BCUT2D eigenvalue weighted by Crippen LogP contribution is -2.41. The van der Waals surface area contributed by atoms with Crippen molar-refractivity contribution in [3.05, 3.63) is 41.0 Å². The zero-order valence-corrected chi connectivity index (χ0v) is 23.8. The van der Waals surface area contributed by atoms with Crippen LogP contribution < -0.4 is 9.47 Å². The van der Waals surface area contributed by atoms with Crippen molar-refractivity contribution in [2.75, 3.05) is 26.8 Å². The van der Waals surface area contributed by atoms with Crippen LogP contribution in [-0.2, 0) is 19.2 Å². The quantitative estimate of drug-likeness (QED) is 0.337. The van der Waals surface area contributed by atoms with Gasteiger partial charge in [0.25, 0.3) is 11.8 Å². The monoisotopic (exact) mass is 582 g/mol. The minimum absolute atomic E-state index is 0.00904. The predicted octanol–water partition coefficient (Wildman–Crippen LogP) is 4.76. The van der Waals surface area contributed by atoms with Crippen molar-refractivity contribution in [1.29, 1.82) is 0 Å². The van der Waals surface area contributed by atoms with Crippen LogP contribution in [0.1, 0.15) is 44.3 Å². The molecule has 40 heavy (non-hydrogen) atoms. The Morgan fingerprint density at radius 1 is 1.15 bits per heavy atom. The van der Waals surface area contributed by atoms with Crippen molar-refractivity contribution >= 4 is 52.3 Å². The molecule has 4 fully saturated rings.